The van der Waals surface area contributed by atoms with Crippen molar-refractivity contribution in [3.05, 3.63) is 0 Å². The second kappa shape index (κ2) is 8.59. The third-order valence-electron chi connectivity index (χ3n) is 4.63. The molecule has 0 saturated heterocycles. The zero-order chi connectivity index (χ0) is 15.1. The lowest BCUT2D eigenvalue weighted by Gasteiger charge is -2.34. The quantitative estimate of drug-likeness (QED) is 0.705. The third-order valence-corrected chi connectivity index (χ3v) is 4.63. The number of urea groups is 1. The van der Waals surface area contributed by atoms with Crippen molar-refractivity contribution < 1.29 is 14.6 Å². The summed E-state index contributed by atoms with van der Waals surface area (Å²) < 4.78 is 6.24. The van der Waals surface area contributed by atoms with Gasteiger partial charge in [0.05, 0.1) is 18.2 Å². The second-order valence-electron chi connectivity index (χ2n) is 6.50. The molecular weight excluding hydrogens is 268 g/mol. The van der Waals surface area contributed by atoms with Crippen LogP contribution in [0.2, 0.25) is 0 Å². The molecule has 2 unspecified atom stereocenters. The predicted molar refractivity (Wildman–Crippen MR) is 82.2 cm³/mol. The number of rotatable bonds is 6. The Labute approximate surface area is 127 Å². The number of ether oxygens (including phenoxy) is 1. The fourth-order valence-electron chi connectivity index (χ4n) is 3.40. The number of carbonyl (C=O) groups is 1. The van der Waals surface area contributed by atoms with E-state index in [0.717, 1.165) is 19.3 Å². The Kier molecular flexibility index (Phi) is 6.77. The minimum Gasteiger partial charge on any atom is -0.396 e. The molecule has 2 saturated carbocycles. The molecule has 3 N–H and O–H groups in total. The van der Waals surface area contributed by atoms with Crippen LogP contribution in [0.15, 0.2) is 0 Å². The normalized spacial score (nSPS) is 28.3. The number of hydrogen-bond acceptors (Lipinski definition) is 3. The first-order valence-corrected chi connectivity index (χ1v) is 8.52. The van der Waals surface area contributed by atoms with Gasteiger partial charge < -0.3 is 20.5 Å². The maximum atomic E-state index is 12.0. The molecule has 5 heteroatoms. The molecule has 0 heterocycles. The number of hydrogen-bond donors (Lipinski definition) is 3. The molecule has 5 nitrogen and oxygen atoms in total. The third kappa shape index (κ3) is 5.47. The summed E-state index contributed by atoms with van der Waals surface area (Å²) in [6.07, 6.45) is 10.4. The minimum absolute atomic E-state index is 0.00667. The second-order valence-corrected chi connectivity index (χ2v) is 6.50. The highest BCUT2D eigenvalue weighted by molar-refractivity contribution is 5.74. The summed E-state index contributed by atoms with van der Waals surface area (Å²) in [5.74, 6) is 0. The van der Waals surface area contributed by atoms with E-state index in [0.29, 0.717) is 12.5 Å². The van der Waals surface area contributed by atoms with Gasteiger partial charge in [0.25, 0.3) is 0 Å². The van der Waals surface area contributed by atoms with Crippen LogP contribution in [0.1, 0.15) is 64.7 Å². The smallest absolute Gasteiger partial charge is 0.315 e. The van der Waals surface area contributed by atoms with Gasteiger partial charge in [0.15, 0.2) is 0 Å². The van der Waals surface area contributed by atoms with E-state index < -0.39 is 0 Å². The van der Waals surface area contributed by atoms with Gasteiger partial charge in [0.2, 0.25) is 0 Å². The Morgan fingerprint density at radius 2 is 1.86 bits per heavy atom. The molecule has 2 amide bonds. The van der Waals surface area contributed by atoms with Gasteiger partial charge in [-0.15, -0.1) is 0 Å². The monoisotopic (exact) mass is 298 g/mol. The Morgan fingerprint density at radius 3 is 2.57 bits per heavy atom. The van der Waals surface area contributed by atoms with Crippen molar-refractivity contribution in [3.63, 3.8) is 0 Å². The minimum atomic E-state index is -0.136. The van der Waals surface area contributed by atoms with Crippen molar-refractivity contribution in [2.24, 2.45) is 0 Å². The molecule has 2 aliphatic rings. The summed E-state index contributed by atoms with van der Waals surface area (Å²) in [6, 6.07) is -0.0173. The number of aliphatic hydroxyl groups is 1. The molecule has 0 aromatic carbocycles. The van der Waals surface area contributed by atoms with Gasteiger partial charge in [0.1, 0.15) is 0 Å². The average Bonchev–Trinajstić information content (AvgIpc) is 2.94. The van der Waals surface area contributed by atoms with E-state index in [-0.39, 0.29) is 30.8 Å². The van der Waals surface area contributed by atoms with E-state index in [1.807, 2.05) is 6.92 Å². The molecule has 0 radical (unpaired) electrons. The number of carbonyl (C=O) groups excluding carboxylic acids is 1. The van der Waals surface area contributed by atoms with Gasteiger partial charge in [-0.3, -0.25) is 0 Å². The van der Waals surface area contributed by atoms with Crippen LogP contribution in [0.4, 0.5) is 4.79 Å². The molecule has 3 atom stereocenters. The zero-order valence-electron chi connectivity index (χ0n) is 13.1. The topological polar surface area (TPSA) is 70.6 Å². The molecule has 0 spiro atoms. The first-order valence-electron chi connectivity index (χ1n) is 8.52. The van der Waals surface area contributed by atoms with Crippen LogP contribution in [-0.2, 0) is 4.74 Å². The number of aliphatic hydroxyl groups excluding tert-OH is 1. The average molecular weight is 298 g/mol. The van der Waals surface area contributed by atoms with Gasteiger partial charge >= 0.3 is 6.03 Å². The van der Waals surface area contributed by atoms with Gasteiger partial charge in [-0.1, -0.05) is 25.7 Å². The van der Waals surface area contributed by atoms with E-state index >= 15 is 0 Å². The van der Waals surface area contributed by atoms with Crippen LogP contribution >= 0.6 is 0 Å². The van der Waals surface area contributed by atoms with Crippen molar-refractivity contribution in [1.82, 2.24) is 10.6 Å². The van der Waals surface area contributed by atoms with Crippen LogP contribution in [-0.4, -0.2) is 42.0 Å². The summed E-state index contributed by atoms with van der Waals surface area (Å²) in [4.78, 5) is 12.0. The molecule has 0 aromatic heterocycles. The maximum absolute atomic E-state index is 12.0. The highest BCUT2D eigenvalue weighted by atomic mass is 16.5. The lowest BCUT2D eigenvalue weighted by atomic mass is 9.92. The standard InChI is InChI=1S/C16H30N2O3/c1-12(10-11-19)17-16(20)18-14-8-4-5-9-15(14)21-13-6-2-3-7-13/h12-15,19H,2-11H2,1H3,(H2,17,18,20)/t12-,14?,15?/m1/s1. The van der Waals surface area contributed by atoms with Gasteiger partial charge in [-0.05, 0) is 39.0 Å². The van der Waals surface area contributed by atoms with Crippen LogP contribution < -0.4 is 10.6 Å². The summed E-state index contributed by atoms with van der Waals surface area (Å²) in [6.45, 7) is 2.00. The summed E-state index contributed by atoms with van der Waals surface area (Å²) in [7, 11) is 0. The largest absolute Gasteiger partial charge is 0.396 e. The lowest BCUT2D eigenvalue weighted by molar-refractivity contribution is -0.0410. The first-order chi connectivity index (χ1) is 10.2. The molecule has 2 aliphatic carbocycles. The number of nitrogens with one attached hydrogen (secondary N) is 2. The fraction of sp³-hybridized carbons (Fsp3) is 0.938. The van der Waals surface area contributed by atoms with Crippen molar-refractivity contribution >= 4 is 6.03 Å². The van der Waals surface area contributed by atoms with Crippen molar-refractivity contribution in [1.29, 1.82) is 0 Å². The first kappa shape index (κ1) is 16.6. The fourth-order valence-corrected chi connectivity index (χ4v) is 3.40. The van der Waals surface area contributed by atoms with Crippen molar-refractivity contribution in [3.8, 4) is 0 Å². The molecule has 21 heavy (non-hydrogen) atoms. The molecule has 0 aliphatic heterocycles. The molecule has 0 bridgehead atoms. The molecule has 0 aromatic rings. The number of amides is 2. The molecular formula is C16H30N2O3. The van der Waals surface area contributed by atoms with Gasteiger partial charge in [-0.25, -0.2) is 4.79 Å². The highest BCUT2D eigenvalue weighted by Gasteiger charge is 2.30. The Bertz CT molecular complexity index is 319. The SMILES string of the molecule is C[C@H](CCO)NC(=O)NC1CCCCC1OC1CCCC1. The summed E-state index contributed by atoms with van der Waals surface area (Å²) >= 11 is 0. The van der Waals surface area contributed by atoms with Crippen LogP contribution in [0.25, 0.3) is 0 Å². The van der Waals surface area contributed by atoms with E-state index in [4.69, 9.17) is 9.84 Å². The molecule has 2 rings (SSSR count). The highest BCUT2D eigenvalue weighted by Crippen LogP contribution is 2.28. The van der Waals surface area contributed by atoms with E-state index in [1.165, 1.54) is 32.1 Å². The van der Waals surface area contributed by atoms with Crippen LogP contribution in [0.3, 0.4) is 0 Å². The maximum Gasteiger partial charge on any atom is 0.315 e. The summed E-state index contributed by atoms with van der Waals surface area (Å²) in [5, 5.41) is 14.8. The van der Waals surface area contributed by atoms with Crippen molar-refractivity contribution in [2.45, 2.75) is 89.0 Å². The van der Waals surface area contributed by atoms with Crippen LogP contribution in [0.5, 0.6) is 0 Å². The van der Waals surface area contributed by atoms with E-state index in [9.17, 15) is 4.79 Å². The Balaban J connectivity index is 1.78. The van der Waals surface area contributed by atoms with E-state index in [1.54, 1.807) is 0 Å². The molecule has 2 fully saturated rings. The Hall–Kier alpha value is -0.810. The molecule has 122 valence electrons. The van der Waals surface area contributed by atoms with Gasteiger partial charge in [-0.2, -0.15) is 0 Å². The lowest BCUT2D eigenvalue weighted by Crippen LogP contribution is -2.52. The van der Waals surface area contributed by atoms with E-state index in [2.05, 4.69) is 10.6 Å². The van der Waals surface area contributed by atoms with Crippen molar-refractivity contribution in [2.75, 3.05) is 6.61 Å². The predicted octanol–water partition coefficient (Wildman–Crippen LogP) is 2.33. The summed E-state index contributed by atoms with van der Waals surface area (Å²) in [5.41, 5.74) is 0. The zero-order valence-corrected chi connectivity index (χ0v) is 13.1. The Morgan fingerprint density at radius 1 is 1.19 bits per heavy atom. The van der Waals surface area contributed by atoms with Gasteiger partial charge in [0, 0.05) is 12.6 Å². The van der Waals surface area contributed by atoms with Crippen LogP contribution in [0, 0.1) is 0 Å².